The number of halogens is 3. The van der Waals surface area contributed by atoms with Crippen molar-refractivity contribution in [2.45, 2.75) is 25.9 Å². The Morgan fingerprint density at radius 3 is 2.39 bits per heavy atom. The smallest absolute Gasteiger partial charge is 0.407 e. The highest BCUT2D eigenvalue weighted by molar-refractivity contribution is 5.92. The van der Waals surface area contributed by atoms with Crippen LogP contribution in [0.3, 0.4) is 0 Å². The fourth-order valence-corrected chi connectivity index (χ4v) is 4.95. The summed E-state index contributed by atoms with van der Waals surface area (Å²) in [4.78, 5) is 52.5. The van der Waals surface area contributed by atoms with Crippen LogP contribution in [0.15, 0.2) is 77.7 Å². The number of nitrogens with one attached hydrogen (secondary N) is 1. The van der Waals surface area contributed by atoms with E-state index < -0.39 is 40.9 Å². The van der Waals surface area contributed by atoms with Gasteiger partial charge in [0.2, 0.25) is 11.8 Å². The van der Waals surface area contributed by atoms with E-state index >= 15 is 0 Å². The minimum absolute atomic E-state index is 0.0187. The Kier molecular flexibility index (Phi) is 10.7. The van der Waals surface area contributed by atoms with Crippen LogP contribution in [0.5, 0.6) is 0 Å². The van der Waals surface area contributed by atoms with Gasteiger partial charge in [0.05, 0.1) is 19.0 Å². The molecule has 242 valence electrons. The highest BCUT2D eigenvalue weighted by Gasteiger charge is 2.23. The summed E-state index contributed by atoms with van der Waals surface area (Å²) < 4.78 is 45.2. The van der Waals surface area contributed by atoms with E-state index in [9.17, 15) is 37.5 Å². The van der Waals surface area contributed by atoms with Gasteiger partial charge in [-0.3, -0.25) is 14.4 Å². The Balaban J connectivity index is 1.60. The van der Waals surface area contributed by atoms with E-state index in [2.05, 4.69) is 5.32 Å². The summed E-state index contributed by atoms with van der Waals surface area (Å²) in [5.74, 6) is -3.60. The van der Waals surface area contributed by atoms with Gasteiger partial charge >= 0.3 is 6.09 Å². The van der Waals surface area contributed by atoms with Gasteiger partial charge in [-0.25, -0.2) is 18.0 Å². The number of carboxylic acid groups (broad SMARTS) is 1. The average molecular weight is 638 g/mol. The number of allylic oxidation sites excluding steroid dienone is 1. The monoisotopic (exact) mass is 637 g/mol. The molecule has 0 saturated carbocycles. The van der Waals surface area contributed by atoms with Gasteiger partial charge in [0.15, 0.2) is 0 Å². The molecule has 4 aromatic rings. The lowest BCUT2D eigenvalue weighted by Crippen LogP contribution is -2.37. The summed E-state index contributed by atoms with van der Waals surface area (Å²) in [5, 5.41) is 12.5. The Bertz CT molecular complexity index is 1850. The number of fused-ring (bicyclic) bond motifs is 1. The molecule has 0 unspecified atom stereocenters. The van der Waals surface area contributed by atoms with Crippen LogP contribution in [-0.2, 0) is 22.7 Å². The molecule has 0 aliphatic rings. The molecule has 0 radical (unpaired) electrons. The molecular formula is C33H34F3N5O5. The number of hydrogen-bond acceptors (Lipinski definition) is 4. The Hall–Kier alpha value is -5.33. The quantitative estimate of drug-likeness (QED) is 0.214. The summed E-state index contributed by atoms with van der Waals surface area (Å²) in [5.41, 5.74) is 0.677. The van der Waals surface area contributed by atoms with E-state index in [1.165, 1.54) is 59.1 Å². The van der Waals surface area contributed by atoms with E-state index in [4.69, 9.17) is 0 Å². The van der Waals surface area contributed by atoms with Gasteiger partial charge < -0.3 is 29.4 Å². The van der Waals surface area contributed by atoms with Crippen molar-refractivity contribution < 1.29 is 32.7 Å². The largest absolute Gasteiger partial charge is 0.465 e. The first-order chi connectivity index (χ1) is 21.8. The first-order valence-corrected chi connectivity index (χ1v) is 14.4. The molecule has 0 aliphatic heterocycles. The molecule has 46 heavy (non-hydrogen) atoms. The summed E-state index contributed by atoms with van der Waals surface area (Å²) in [6, 6.07) is 12.0. The van der Waals surface area contributed by atoms with Crippen molar-refractivity contribution in [2.75, 3.05) is 33.0 Å². The molecule has 0 fully saturated rings. The zero-order chi connectivity index (χ0) is 33.5. The van der Waals surface area contributed by atoms with Gasteiger partial charge in [-0.1, -0.05) is 12.1 Å². The number of benzene rings is 2. The van der Waals surface area contributed by atoms with E-state index in [-0.39, 0.29) is 43.2 Å². The van der Waals surface area contributed by atoms with E-state index in [1.54, 1.807) is 36.9 Å². The van der Waals surface area contributed by atoms with Crippen LogP contribution in [0, 0.1) is 23.4 Å². The van der Waals surface area contributed by atoms with Gasteiger partial charge in [-0.05, 0) is 61.4 Å². The number of hydrogen-bond donors (Lipinski definition) is 2. The molecule has 2 N–H and O–H groups in total. The fourth-order valence-electron chi connectivity index (χ4n) is 4.95. The molecule has 0 aliphatic carbocycles. The molecule has 2 heterocycles. The Labute approximate surface area is 263 Å². The molecule has 0 bridgehead atoms. The third-order valence-corrected chi connectivity index (χ3v) is 7.48. The number of carbonyl (C=O) groups is 3. The van der Waals surface area contributed by atoms with Gasteiger partial charge in [0.25, 0.3) is 5.56 Å². The molecule has 0 spiro atoms. The number of rotatable bonds is 12. The van der Waals surface area contributed by atoms with E-state index in [1.807, 2.05) is 0 Å². The maximum absolute atomic E-state index is 14.6. The zero-order valence-electron chi connectivity index (χ0n) is 25.5. The van der Waals surface area contributed by atoms with Crippen molar-refractivity contribution in [1.29, 1.82) is 0 Å². The Morgan fingerprint density at radius 1 is 0.978 bits per heavy atom. The average Bonchev–Trinajstić information content (AvgIpc) is 3.32. The third kappa shape index (κ3) is 8.23. The van der Waals surface area contributed by atoms with Crippen molar-refractivity contribution in [2.24, 2.45) is 5.92 Å². The van der Waals surface area contributed by atoms with E-state index in [0.717, 1.165) is 17.0 Å². The predicted octanol–water partition coefficient (Wildman–Crippen LogP) is 4.91. The van der Waals surface area contributed by atoms with Crippen molar-refractivity contribution >= 4 is 34.5 Å². The number of anilines is 1. The van der Waals surface area contributed by atoms with Crippen molar-refractivity contribution in [3.05, 3.63) is 112 Å². The second-order valence-corrected chi connectivity index (χ2v) is 11.1. The van der Waals surface area contributed by atoms with Crippen LogP contribution in [-0.4, -0.2) is 69.6 Å². The molecule has 1 atom stereocenters. The fraction of sp³-hybridized carbons (Fsp3) is 0.273. The molecule has 4 rings (SSSR count). The van der Waals surface area contributed by atoms with E-state index in [0.29, 0.717) is 23.0 Å². The number of carbonyl (C=O) groups excluding carboxylic acids is 2. The summed E-state index contributed by atoms with van der Waals surface area (Å²) in [7, 11) is 4.52. The first kappa shape index (κ1) is 33.6. The van der Waals surface area contributed by atoms with Gasteiger partial charge in [-0.2, -0.15) is 0 Å². The summed E-state index contributed by atoms with van der Waals surface area (Å²) in [6.07, 6.45) is 3.75. The van der Waals surface area contributed by atoms with Gasteiger partial charge in [0.1, 0.15) is 23.1 Å². The van der Waals surface area contributed by atoms with Gasteiger partial charge in [0, 0.05) is 62.1 Å². The maximum Gasteiger partial charge on any atom is 0.407 e. The zero-order valence-corrected chi connectivity index (χ0v) is 25.5. The number of nitrogens with zero attached hydrogens (tertiary/aromatic N) is 4. The highest BCUT2D eigenvalue weighted by atomic mass is 19.1. The van der Waals surface area contributed by atoms with Crippen molar-refractivity contribution in [3.8, 4) is 0 Å². The Morgan fingerprint density at radius 2 is 1.70 bits per heavy atom. The number of aromatic nitrogens is 2. The third-order valence-electron chi connectivity index (χ3n) is 7.48. The minimum atomic E-state index is -1.23. The first-order valence-electron chi connectivity index (χ1n) is 14.4. The number of pyridine rings is 1. The molecule has 3 amide bonds. The van der Waals surface area contributed by atoms with Crippen LogP contribution >= 0.6 is 0 Å². The molecule has 2 aromatic carbocycles. The van der Waals surface area contributed by atoms with Crippen LogP contribution < -0.4 is 10.9 Å². The number of amides is 3. The lowest BCUT2D eigenvalue weighted by Gasteiger charge is -2.21. The maximum atomic E-state index is 14.6. The molecule has 0 saturated heterocycles. The topological polar surface area (TPSA) is 117 Å². The molecule has 2 aromatic heterocycles. The summed E-state index contributed by atoms with van der Waals surface area (Å²) >= 11 is 0. The van der Waals surface area contributed by atoms with Crippen LogP contribution in [0.1, 0.15) is 24.1 Å². The van der Waals surface area contributed by atoms with Crippen molar-refractivity contribution in [1.82, 2.24) is 18.9 Å². The van der Waals surface area contributed by atoms with Crippen molar-refractivity contribution in [3.63, 3.8) is 0 Å². The standard InChI is InChI=1S/C33H34F3N5O5/c1-38(2)30(42)9-5-4-7-22(18-39(3)33(45)46)31(43)37-28-8-6-14-40(32(28)44)20-26-16-23-15-24(34)12-13-29(23)41(26)19-21-10-11-25(35)17-27(21)36/h5-6,8-17,22H,4,7,18-20H2,1-3H3,(H,37,43)(H,45,46)/b9-5+/t22-/m0/s1. The highest BCUT2D eigenvalue weighted by Crippen LogP contribution is 2.24. The molecule has 13 heteroatoms. The lowest BCUT2D eigenvalue weighted by molar-refractivity contribution is -0.123. The molecular weight excluding hydrogens is 603 g/mol. The second kappa shape index (κ2) is 14.6. The van der Waals surface area contributed by atoms with Crippen LogP contribution in [0.25, 0.3) is 10.9 Å². The minimum Gasteiger partial charge on any atom is -0.465 e. The SMILES string of the molecule is CN(C)C(=O)/C=C/CC[C@@H](CN(C)C(=O)O)C(=O)Nc1cccn(Cc2cc3cc(F)ccc3n2Cc2ccc(F)cc2F)c1=O. The van der Waals surface area contributed by atoms with Gasteiger partial charge in [-0.15, -0.1) is 0 Å². The number of likely N-dealkylation sites (N-methyl/N-ethyl adjacent to an activating group) is 1. The summed E-state index contributed by atoms with van der Waals surface area (Å²) in [6.45, 7) is -0.194. The molecule has 10 nitrogen and oxygen atoms in total. The second-order valence-electron chi connectivity index (χ2n) is 11.1. The van der Waals surface area contributed by atoms with Crippen LogP contribution in [0.2, 0.25) is 0 Å². The van der Waals surface area contributed by atoms with Crippen LogP contribution in [0.4, 0.5) is 23.7 Å². The normalized spacial score (nSPS) is 12.0. The lowest BCUT2D eigenvalue weighted by atomic mass is 10.0. The predicted molar refractivity (Wildman–Crippen MR) is 167 cm³/mol.